The summed E-state index contributed by atoms with van der Waals surface area (Å²) in [5.41, 5.74) is 4.25. The quantitative estimate of drug-likeness (QED) is 0.867. The molecule has 1 atom stereocenters. The zero-order valence-corrected chi connectivity index (χ0v) is 10.8. The minimum absolute atomic E-state index is 0.00929. The Labute approximate surface area is 112 Å². The number of hydrogen-bond acceptors (Lipinski definition) is 1. The molecule has 1 amide bonds. The zero-order valence-electron chi connectivity index (χ0n) is 10.8. The molecular weight excluding hydrogens is 234 g/mol. The van der Waals surface area contributed by atoms with Crippen LogP contribution in [-0.4, -0.2) is 5.91 Å². The van der Waals surface area contributed by atoms with Gasteiger partial charge in [0.05, 0.1) is 6.04 Å². The van der Waals surface area contributed by atoms with Crippen LogP contribution in [0.1, 0.15) is 33.1 Å². The molecule has 1 N–H and O–H groups in total. The van der Waals surface area contributed by atoms with Crippen molar-refractivity contribution in [3.05, 3.63) is 76.9 Å². The largest absolute Gasteiger partial charge is 0.342 e. The first-order valence-electron chi connectivity index (χ1n) is 6.39. The first kappa shape index (κ1) is 11.7. The Morgan fingerprint density at radius 1 is 1.05 bits per heavy atom. The Kier molecular flexibility index (Phi) is 2.92. The van der Waals surface area contributed by atoms with E-state index in [-0.39, 0.29) is 11.9 Å². The van der Waals surface area contributed by atoms with Gasteiger partial charge in [-0.25, -0.2) is 0 Å². The molecule has 0 fully saturated rings. The van der Waals surface area contributed by atoms with Crippen LogP contribution in [-0.2, 0) is 0 Å². The van der Waals surface area contributed by atoms with Gasteiger partial charge in [-0.3, -0.25) is 4.79 Å². The lowest BCUT2D eigenvalue weighted by Gasteiger charge is -2.06. The van der Waals surface area contributed by atoms with Crippen LogP contribution in [0.4, 0.5) is 0 Å². The summed E-state index contributed by atoms with van der Waals surface area (Å²) >= 11 is 0. The van der Waals surface area contributed by atoms with Gasteiger partial charge in [-0.1, -0.05) is 54.6 Å². The number of amides is 1. The van der Waals surface area contributed by atoms with Crippen LogP contribution in [0.5, 0.6) is 0 Å². The summed E-state index contributed by atoms with van der Waals surface area (Å²) in [6.07, 6.45) is 4.12. The zero-order chi connectivity index (χ0) is 13.2. The fourth-order valence-corrected chi connectivity index (χ4v) is 2.40. The molecule has 2 aromatic carbocycles. The van der Waals surface area contributed by atoms with E-state index >= 15 is 0 Å². The number of benzene rings is 2. The highest BCUT2D eigenvalue weighted by Crippen LogP contribution is 2.26. The molecule has 2 heteroatoms. The van der Waals surface area contributed by atoms with E-state index in [2.05, 4.69) is 30.4 Å². The third-order valence-electron chi connectivity index (χ3n) is 3.48. The SMILES string of the molecule is Cc1ccccc1C=CC1NC(=O)c2ccccc21. The fourth-order valence-electron chi connectivity index (χ4n) is 2.40. The highest BCUT2D eigenvalue weighted by atomic mass is 16.2. The Bertz CT molecular complexity index is 658. The molecule has 94 valence electrons. The highest BCUT2D eigenvalue weighted by molar-refractivity contribution is 5.99. The molecule has 0 aromatic heterocycles. The van der Waals surface area contributed by atoms with Gasteiger partial charge < -0.3 is 5.32 Å². The highest BCUT2D eigenvalue weighted by Gasteiger charge is 2.25. The van der Waals surface area contributed by atoms with Gasteiger partial charge in [0.25, 0.3) is 5.91 Å². The van der Waals surface area contributed by atoms with Crippen LogP contribution >= 0.6 is 0 Å². The first-order chi connectivity index (χ1) is 9.25. The summed E-state index contributed by atoms with van der Waals surface area (Å²) in [5, 5.41) is 2.98. The van der Waals surface area contributed by atoms with Crippen LogP contribution in [0.15, 0.2) is 54.6 Å². The summed E-state index contributed by atoms with van der Waals surface area (Å²) in [6.45, 7) is 2.08. The molecule has 1 unspecified atom stereocenters. The third kappa shape index (κ3) is 2.17. The van der Waals surface area contributed by atoms with Crippen molar-refractivity contribution in [1.29, 1.82) is 0 Å². The number of aryl methyl sites for hydroxylation is 1. The monoisotopic (exact) mass is 249 g/mol. The molecule has 1 heterocycles. The van der Waals surface area contributed by atoms with Gasteiger partial charge >= 0.3 is 0 Å². The van der Waals surface area contributed by atoms with Crippen molar-refractivity contribution in [2.24, 2.45) is 0 Å². The predicted octanol–water partition coefficient (Wildman–Crippen LogP) is 3.49. The lowest BCUT2D eigenvalue weighted by atomic mass is 10.0. The smallest absolute Gasteiger partial charge is 0.252 e. The van der Waals surface area contributed by atoms with Crippen LogP contribution in [0.2, 0.25) is 0 Å². The maximum Gasteiger partial charge on any atom is 0.252 e. The van der Waals surface area contributed by atoms with Crippen molar-refractivity contribution in [2.75, 3.05) is 0 Å². The van der Waals surface area contributed by atoms with E-state index in [1.807, 2.05) is 42.5 Å². The number of carbonyl (C=O) groups excluding carboxylic acids is 1. The van der Waals surface area contributed by atoms with E-state index in [9.17, 15) is 4.79 Å². The Balaban J connectivity index is 1.90. The lowest BCUT2D eigenvalue weighted by Crippen LogP contribution is -2.17. The molecule has 2 nitrogen and oxygen atoms in total. The topological polar surface area (TPSA) is 29.1 Å². The van der Waals surface area contributed by atoms with Crippen molar-refractivity contribution in [2.45, 2.75) is 13.0 Å². The lowest BCUT2D eigenvalue weighted by molar-refractivity contribution is 0.0961. The van der Waals surface area contributed by atoms with Crippen LogP contribution in [0.3, 0.4) is 0 Å². The maximum absolute atomic E-state index is 11.8. The van der Waals surface area contributed by atoms with Crippen LogP contribution in [0.25, 0.3) is 6.08 Å². The second-order valence-corrected chi connectivity index (χ2v) is 4.75. The summed E-state index contributed by atoms with van der Waals surface area (Å²) in [4.78, 5) is 11.8. The van der Waals surface area contributed by atoms with Gasteiger partial charge in [-0.15, -0.1) is 0 Å². The minimum atomic E-state index is -0.0247. The van der Waals surface area contributed by atoms with Gasteiger partial charge in [0.15, 0.2) is 0 Å². The number of carbonyl (C=O) groups is 1. The summed E-state index contributed by atoms with van der Waals surface area (Å²) in [5.74, 6) is 0.00929. The van der Waals surface area contributed by atoms with Crippen molar-refractivity contribution < 1.29 is 4.79 Å². The maximum atomic E-state index is 11.8. The second-order valence-electron chi connectivity index (χ2n) is 4.75. The molecule has 0 radical (unpaired) electrons. The van der Waals surface area contributed by atoms with Gasteiger partial charge in [0, 0.05) is 5.56 Å². The van der Waals surface area contributed by atoms with E-state index in [1.165, 1.54) is 11.1 Å². The molecular formula is C17H15NO. The number of nitrogens with one attached hydrogen (secondary N) is 1. The Hall–Kier alpha value is -2.35. The molecule has 0 saturated carbocycles. The van der Waals surface area contributed by atoms with Crippen LogP contribution in [0, 0.1) is 6.92 Å². The normalized spacial score (nSPS) is 17.5. The molecule has 0 spiro atoms. The molecule has 1 aliphatic rings. The molecule has 0 saturated heterocycles. The second kappa shape index (κ2) is 4.73. The predicted molar refractivity (Wildman–Crippen MR) is 76.9 cm³/mol. The van der Waals surface area contributed by atoms with E-state index < -0.39 is 0 Å². The molecule has 2 aromatic rings. The van der Waals surface area contributed by atoms with Gasteiger partial charge in [0.1, 0.15) is 0 Å². The molecule has 0 aliphatic carbocycles. The molecule has 19 heavy (non-hydrogen) atoms. The number of fused-ring (bicyclic) bond motifs is 1. The summed E-state index contributed by atoms with van der Waals surface area (Å²) < 4.78 is 0. The van der Waals surface area contributed by atoms with Gasteiger partial charge in [0.2, 0.25) is 0 Å². The average molecular weight is 249 g/mol. The minimum Gasteiger partial charge on any atom is -0.342 e. The van der Waals surface area contributed by atoms with E-state index in [1.54, 1.807) is 0 Å². The van der Waals surface area contributed by atoms with Crippen molar-refractivity contribution in [1.82, 2.24) is 5.32 Å². The number of hydrogen-bond donors (Lipinski definition) is 1. The van der Waals surface area contributed by atoms with E-state index in [4.69, 9.17) is 0 Å². The fraction of sp³-hybridized carbons (Fsp3) is 0.118. The van der Waals surface area contributed by atoms with E-state index in [0.29, 0.717) is 0 Å². The van der Waals surface area contributed by atoms with Crippen molar-refractivity contribution >= 4 is 12.0 Å². The van der Waals surface area contributed by atoms with Crippen LogP contribution < -0.4 is 5.32 Å². The number of rotatable bonds is 2. The van der Waals surface area contributed by atoms with Crippen molar-refractivity contribution in [3.8, 4) is 0 Å². The van der Waals surface area contributed by atoms with Crippen molar-refractivity contribution in [3.63, 3.8) is 0 Å². The summed E-state index contributed by atoms with van der Waals surface area (Å²) in [7, 11) is 0. The first-order valence-corrected chi connectivity index (χ1v) is 6.39. The van der Waals surface area contributed by atoms with Gasteiger partial charge in [-0.2, -0.15) is 0 Å². The summed E-state index contributed by atoms with van der Waals surface area (Å²) in [6, 6.07) is 15.9. The average Bonchev–Trinajstić information content (AvgIpc) is 2.75. The Morgan fingerprint density at radius 3 is 2.63 bits per heavy atom. The third-order valence-corrected chi connectivity index (χ3v) is 3.48. The standard InChI is InChI=1S/C17H15NO/c1-12-6-2-3-7-13(12)10-11-16-14-8-4-5-9-15(14)17(19)18-16/h2-11,16H,1H3,(H,18,19). The molecule has 1 aliphatic heterocycles. The molecule has 0 bridgehead atoms. The Morgan fingerprint density at radius 2 is 1.79 bits per heavy atom. The molecule has 3 rings (SSSR count). The van der Waals surface area contributed by atoms with E-state index in [0.717, 1.165) is 11.1 Å². The van der Waals surface area contributed by atoms with Gasteiger partial charge in [-0.05, 0) is 29.7 Å².